The van der Waals surface area contributed by atoms with Gasteiger partial charge in [-0.2, -0.15) is 0 Å². The molecule has 0 spiro atoms. The molecule has 4 rings (SSSR count). The first-order valence-electron chi connectivity index (χ1n) is 12.5. The van der Waals surface area contributed by atoms with E-state index in [1.54, 1.807) is 12.1 Å². The number of aromatic hydroxyl groups is 1. The maximum absolute atomic E-state index is 11.7. The Morgan fingerprint density at radius 2 is 1.41 bits per heavy atom. The van der Waals surface area contributed by atoms with Crippen LogP contribution in [0.3, 0.4) is 0 Å². The molecule has 37 heavy (non-hydrogen) atoms. The number of nitrogens with one attached hydrogen (secondary N) is 2. The SMILES string of the molecule is CCC(=O)NCc1ccccc1.NC(=O)[C@@H](CCc1ccccc1)NCc1ccc2cc(O)ccc2c1. The van der Waals surface area contributed by atoms with Gasteiger partial charge in [0.25, 0.3) is 0 Å². The summed E-state index contributed by atoms with van der Waals surface area (Å²) in [7, 11) is 0. The van der Waals surface area contributed by atoms with E-state index in [4.69, 9.17) is 5.73 Å². The second-order valence-corrected chi connectivity index (χ2v) is 8.84. The van der Waals surface area contributed by atoms with Gasteiger partial charge in [0, 0.05) is 19.5 Å². The predicted octanol–water partition coefficient (Wildman–Crippen LogP) is 4.83. The Bertz CT molecular complexity index is 1280. The lowest BCUT2D eigenvalue weighted by molar-refractivity contribution is -0.121. The molecule has 0 aliphatic carbocycles. The molecule has 0 heterocycles. The van der Waals surface area contributed by atoms with E-state index in [0.29, 0.717) is 25.9 Å². The lowest BCUT2D eigenvalue weighted by Crippen LogP contribution is -2.41. The van der Waals surface area contributed by atoms with Crippen LogP contribution < -0.4 is 16.4 Å². The van der Waals surface area contributed by atoms with E-state index in [9.17, 15) is 14.7 Å². The zero-order valence-electron chi connectivity index (χ0n) is 21.2. The van der Waals surface area contributed by atoms with Gasteiger partial charge in [0.2, 0.25) is 11.8 Å². The summed E-state index contributed by atoms with van der Waals surface area (Å²) < 4.78 is 0. The number of aryl methyl sites for hydroxylation is 1. The third-order valence-corrected chi connectivity index (χ3v) is 6.00. The molecule has 0 radical (unpaired) electrons. The predicted molar refractivity (Wildman–Crippen MR) is 149 cm³/mol. The first-order valence-corrected chi connectivity index (χ1v) is 12.5. The van der Waals surface area contributed by atoms with E-state index < -0.39 is 0 Å². The van der Waals surface area contributed by atoms with E-state index in [1.807, 2.05) is 73.7 Å². The molecule has 192 valence electrons. The molecule has 5 N–H and O–H groups in total. The van der Waals surface area contributed by atoms with Gasteiger partial charge in [-0.3, -0.25) is 9.59 Å². The summed E-state index contributed by atoms with van der Waals surface area (Å²) in [6.45, 7) is 3.05. The Kier molecular flexibility index (Phi) is 10.7. The Balaban J connectivity index is 0.000000266. The average Bonchev–Trinajstić information content (AvgIpc) is 2.93. The number of benzene rings is 4. The summed E-state index contributed by atoms with van der Waals surface area (Å²) in [5.74, 6) is 0.0218. The van der Waals surface area contributed by atoms with E-state index in [1.165, 1.54) is 5.56 Å². The molecule has 4 aromatic carbocycles. The second kappa shape index (κ2) is 14.4. The molecular formula is C31H35N3O3. The average molecular weight is 498 g/mol. The number of phenols is 1. The molecule has 0 aliphatic rings. The Morgan fingerprint density at radius 3 is 2.05 bits per heavy atom. The number of carbonyl (C=O) groups excluding carboxylic acids is 2. The van der Waals surface area contributed by atoms with Crippen LogP contribution in [0.1, 0.15) is 36.5 Å². The number of carbonyl (C=O) groups is 2. The number of fused-ring (bicyclic) bond motifs is 1. The minimum absolute atomic E-state index is 0.0962. The molecular weight excluding hydrogens is 462 g/mol. The van der Waals surface area contributed by atoms with Crippen molar-refractivity contribution in [2.75, 3.05) is 0 Å². The minimum Gasteiger partial charge on any atom is -0.508 e. The van der Waals surface area contributed by atoms with Crippen LogP contribution in [0.2, 0.25) is 0 Å². The maximum Gasteiger partial charge on any atom is 0.234 e. The summed E-state index contributed by atoms with van der Waals surface area (Å²) >= 11 is 0. The highest BCUT2D eigenvalue weighted by molar-refractivity contribution is 5.84. The van der Waals surface area contributed by atoms with Crippen molar-refractivity contribution in [3.8, 4) is 5.75 Å². The van der Waals surface area contributed by atoms with Gasteiger partial charge in [0.15, 0.2) is 0 Å². The van der Waals surface area contributed by atoms with Crippen LogP contribution in [-0.4, -0.2) is 23.0 Å². The van der Waals surface area contributed by atoms with Gasteiger partial charge in [-0.1, -0.05) is 85.8 Å². The standard InChI is InChI=1S/C21H22N2O2.C10H13NO/c22-21(25)20(11-7-15-4-2-1-3-5-15)23-14-16-6-8-18-13-19(24)10-9-17(18)12-16;1-2-10(12)11-8-9-6-4-3-5-7-9/h1-6,8-10,12-13,20,23-24H,7,11,14H2,(H2,22,25);3-7H,2,8H2,1H3,(H,11,12)/t20-;/m1./s1. The van der Waals surface area contributed by atoms with Gasteiger partial charge in [-0.15, -0.1) is 0 Å². The van der Waals surface area contributed by atoms with Crippen LogP contribution in [0.4, 0.5) is 0 Å². The Labute approximate surface area is 218 Å². The number of hydrogen-bond acceptors (Lipinski definition) is 4. The Hall–Kier alpha value is -4.16. The number of nitrogens with two attached hydrogens (primary N) is 1. The van der Waals surface area contributed by atoms with Gasteiger partial charge in [-0.25, -0.2) is 0 Å². The summed E-state index contributed by atoms with van der Waals surface area (Å²) in [6, 6.07) is 30.9. The fraction of sp³-hybridized carbons (Fsp3) is 0.226. The van der Waals surface area contributed by atoms with Gasteiger partial charge in [0.1, 0.15) is 5.75 Å². The van der Waals surface area contributed by atoms with Crippen LogP contribution in [0, 0.1) is 0 Å². The zero-order chi connectivity index (χ0) is 26.5. The van der Waals surface area contributed by atoms with Crippen LogP contribution >= 0.6 is 0 Å². The van der Waals surface area contributed by atoms with Gasteiger partial charge in [0.05, 0.1) is 6.04 Å². The van der Waals surface area contributed by atoms with Crippen LogP contribution in [0.5, 0.6) is 5.75 Å². The van der Waals surface area contributed by atoms with Crippen molar-refractivity contribution in [1.29, 1.82) is 0 Å². The monoisotopic (exact) mass is 497 g/mol. The van der Waals surface area contributed by atoms with Crippen molar-refractivity contribution in [2.24, 2.45) is 5.73 Å². The molecule has 4 aromatic rings. The fourth-order valence-electron chi connectivity index (χ4n) is 3.86. The van der Waals surface area contributed by atoms with Gasteiger partial charge in [-0.05, 0) is 58.5 Å². The van der Waals surface area contributed by atoms with E-state index in [0.717, 1.165) is 28.3 Å². The lowest BCUT2D eigenvalue weighted by atomic mass is 10.0. The molecule has 1 atom stereocenters. The molecule has 0 unspecified atom stereocenters. The molecule has 0 saturated heterocycles. The van der Waals surface area contributed by atoms with Gasteiger partial charge < -0.3 is 21.5 Å². The summed E-state index contributed by atoms with van der Waals surface area (Å²) in [5, 5.41) is 17.6. The highest BCUT2D eigenvalue weighted by atomic mass is 16.3. The Morgan fingerprint density at radius 1 is 0.784 bits per heavy atom. The lowest BCUT2D eigenvalue weighted by Gasteiger charge is -2.16. The number of hydrogen-bond donors (Lipinski definition) is 4. The molecule has 0 saturated carbocycles. The molecule has 0 fully saturated rings. The summed E-state index contributed by atoms with van der Waals surface area (Å²) in [5.41, 5.74) is 8.95. The van der Waals surface area contributed by atoms with Crippen molar-refractivity contribution in [2.45, 2.75) is 45.3 Å². The second-order valence-electron chi connectivity index (χ2n) is 8.84. The highest BCUT2D eigenvalue weighted by Crippen LogP contribution is 2.21. The van der Waals surface area contributed by atoms with Crippen molar-refractivity contribution in [1.82, 2.24) is 10.6 Å². The molecule has 6 heteroatoms. The smallest absolute Gasteiger partial charge is 0.234 e. The number of phenolic OH excluding ortho intramolecular Hbond substituents is 1. The van der Waals surface area contributed by atoms with E-state index in [-0.39, 0.29) is 23.6 Å². The third-order valence-electron chi connectivity index (χ3n) is 6.00. The quantitative estimate of drug-likeness (QED) is 0.252. The number of rotatable bonds is 10. The zero-order valence-corrected chi connectivity index (χ0v) is 21.2. The topological polar surface area (TPSA) is 104 Å². The molecule has 0 bridgehead atoms. The highest BCUT2D eigenvalue weighted by Gasteiger charge is 2.14. The van der Waals surface area contributed by atoms with E-state index in [2.05, 4.69) is 28.8 Å². The van der Waals surface area contributed by atoms with Crippen LogP contribution in [-0.2, 0) is 29.1 Å². The normalized spacial score (nSPS) is 11.3. The largest absolute Gasteiger partial charge is 0.508 e. The maximum atomic E-state index is 11.7. The third kappa shape index (κ3) is 9.43. The molecule has 2 amide bonds. The molecule has 0 aliphatic heterocycles. The summed E-state index contributed by atoms with van der Waals surface area (Å²) in [6.07, 6.45) is 2.02. The first-order chi connectivity index (χ1) is 17.9. The molecule has 6 nitrogen and oxygen atoms in total. The summed E-state index contributed by atoms with van der Waals surface area (Å²) in [4.78, 5) is 22.6. The van der Waals surface area contributed by atoms with Crippen LogP contribution in [0.25, 0.3) is 10.8 Å². The van der Waals surface area contributed by atoms with Crippen molar-refractivity contribution >= 4 is 22.6 Å². The van der Waals surface area contributed by atoms with Crippen LogP contribution in [0.15, 0.2) is 97.1 Å². The minimum atomic E-state index is -0.365. The number of primary amides is 1. The molecule has 0 aromatic heterocycles. The van der Waals surface area contributed by atoms with Crippen molar-refractivity contribution in [3.05, 3.63) is 114 Å². The first kappa shape index (κ1) is 27.4. The number of amides is 2. The van der Waals surface area contributed by atoms with E-state index >= 15 is 0 Å². The van der Waals surface area contributed by atoms with Crippen molar-refractivity contribution < 1.29 is 14.7 Å². The van der Waals surface area contributed by atoms with Gasteiger partial charge >= 0.3 is 0 Å². The van der Waals surface area contributed by atoms with Crippen molar-refractivity contribution in [3.63, 3.8) is 0 Å². The fourth-order valence-corrected chi connectivity index (χ4v) is 3.86.